The molecule has 0 aliphatic heterocycles. The van der Waals surface area contributed by atoms with Gasteiger partial charge in [0.1, 0.15) is 11.5 Å². The molecule has 182 valence electrons. The number of phenolic OH excluding ortho intramolecular Hbond substituents is 1. The maximum Gasteiger partial charge on any atom is 0.225 e. The highest BCUT2D eigenvalue weighted by Gasteiger charge is 2.57. The summed E-state index contributed by atoms with van der Waals surface area (Å²) in [4.78, 5) is 37.0. The van der Waals surface area contributed by atoms with Crippen molar-refractivity contribution in [2.75, 3.05) is 6.61 Å². The highest BCUT2D eigenvalue weighted by molar-refractivity contribution is 6.23. The Bertz CT molecular complexity index is 966. The van der Waals surface area contributed by atoms with Crippen LogP contribution in [0.3, 0.4) is 0 Å². The van der Waals surface area contributed by atoms with Crippen molar-refractivity contribution in [3.8, 4) is 5.75 Å². The molecule has 0 saturated heterocycles. The number of aliphatic hydroxyl groups excluding tert-OH is 2. The molecule has 8 nitrogen and oxygen atoms in total. The van der Waals surface area contributed by atoms with E-state index in [4.69, 9.17) is 5.73 Å². The van der Waals surface area contributed by atoms with Crippen molar-refractivity contribution >= 4 is 23.2 Å². The molecule has 0 bridgehead atoms. The maximum absolute atomic E-state index is 13.2. The number of carbonyl (C=O) groups is 3. The molecule has 1 aromatic rings. The van der Waals surface area contributed by atoms with Crippen molar-refractivity contribution in [2.24, 2.45) is 23.5 Å². The lowest BCUT2D eigenvalue weighted by atomic mass is 9.61. The van der Waals surface area contributed by atoms with Crippen molar-refractivity contribution < 1.29 is 34.8 Å². The van der Waals surface area contributed by atoms with E-state index in [0.29, 0.717) is 12.0 Å². The van der Waals surface area contributed by atoms with E-state index in [0.717, 1.165) is 11.5 Å². The fourth-order valence-electron chi connectivity index (χ4n) is 4.47. The first-order valence-electron chi connectivity index (χ1n) is 11.3. The number of aromatic hydroxyl groups is 1. The Labute approximate surface area is 194 Å². The number of benzene rings is 1. The Morgan fingerprint density at radius 1 is 1.24 bits per heavy atom. The second-order valence-corrected chi connectivity index (χ2v) is 9.33. The quantitative estimate of drug-likeness (QED) is 0.407. The maximum atomic E-state index is 13.2. The van der Waals surface area contributed by atoms with Gasteiger partial charge in [0, 0.05) is 18.1 Å². The smallest absolute Gasteiger partial charge is 0.225 e. The Morgan fingerprint density at radius 3 is 2.36 bits per heavy atom. The van der Waals surface area contributed by atoms with Gasteiger partial charge in [-0.05, 0) is 55.2 Å². The van der Waals surface area contributed by atoms with E-state index < -0.39 is 47.1 Å². The van der Waals surface area contributed by atoms with Crippen molar-refractivity contribution in [2.45, 2.75) is 65.4 Å². The molecule has 0 aromatic heterocycles. The Morgan fingerprint density at radius 2 is 1.85 bits per heavy atom. The molecule has 6 N–H and O–H groups in total. The predicted molar refractivity (Wildman–Crippen MR) is 123 cm³/mol. The third-order valence-corrected chi connectivity index (χ3v) is 6.68. The van der Waals surface area contributed by atoms with Gasteiger partial charge in [-0.1, -0.05) is 33.3 Å². The molecule has 1 fully saturated rings. The van der Waals surface area contributed by atoms with Crippen molar-refractivity contribution in [1.29, 1.82) is 0 Å². The minimum atomic E-state index is -2.56. The monoisotopic (exact) mass is 461 g/mol. The molecule has 1 amide bonds. The van der Waals surface area contributed by atoms with Gasteiger partial charge in [0.05, 0.1) is 12.0 Å². The van der Waals surface area contributed by atoms with Gasteiger partial charge in [0.2, 0.25) is 11.7 Å². The zero-order valence-corrected chi connectivity index (χ0v) is 19.7. The lowest BCUT2D eigenvalue weighted by Gasteiger charge is -2.43. The van der Waals surface area contributed by atoms with Crippen molar-refractivity contribution in [3.05, 3.63) is 34.4 Å². The van der Waals surface area contributed by atoms with Crippen LogP contribution in [0.4, 0.5) is 0 Å². The molecular formula is C25H35NO7. The van der Waals surface area contributed by atoms with Crippen LogP contribution in [0.2, 0.25) is 0 Å². The Hall–Kier alpha value is -2.71. The molecule has 3 rings (SSSR count). The molecule has 0 spiro atoms. The number of aliphatic hydroxyl groups is 3. The molecular weight excluding hydrogens is 426 g/mol. The van der Waals surface area contributed by atoms with E-state index in [1.54, 1.807) is 6.07 Å². The number of primary amides is 1. The first-order valence-corrected chi connectivity index (χ1v) is 11.3. The number of hydrogen-bond donors (Lipinski definition) is 5. The standard InChI is InChI=1S/C20H23NO7.C5H12/c1-9-2-3-13(23)17-12(9)7-10-6-11(4-5-22)20(28,14(24)8-15(21)25)19(27)16(10)18(17)26;1-4-5(2)3/h2-3,10-11,22-23,26,28H,4-8H2,1H3,(H2,21,25);5H,4H2,1-3H3/t10-,11-,20-;/m1./s1. The van der Waals surface area contributed by atoms with Crippen LogP contribution in [0.15, 0.2) is 17.7 Å². The SMILES string of the molecule is CCC(C)C.Cc1ccc(O)c2c1C[C@H]1C[C@@H](CCO)[C@@](O)(C(=O)CC(N)=O)C(=O)C1=C2O. The first-order chi connectivity index (χ1) is 15.4. The Balaban J connectivity index is 0.000000696. The third-order valence-electron chi connectivity index (χ3n) is 6.68. The topological polar surface area (TPSA) is 158 Å². The number of Topliss-reactive ketones (excluding diaryl/α,β-unsaturated/α-hetero) is 2. The summed E-state index contributed by atoms with van der Waals surface area (Å²) in [5.41, 5.74) is 3.99. The molecule has 8 heteroatoms. The molecule has 33 heavy (non-hydrogen) atoms. The van der Waals surface area contributed by atoms with Gasteiger partial charge in [-0.25, -0.2) is 0 Å². The van der Waals surface area contributed by atoms with Gasteiger partial charge >= 0.3 is 0 Å². The summed E-state index contributed by atoms with van der Waals surface area (Å²) in [5.74, 6) is -4.24. The molecule has 0 radical (unpaired) electrons. The zero-order valence-electron chi connectivity index (χ0n) is 19.7. The average molecular weight is 462 g/mol. The van der Waals surface area contributed by atoms with Crippen LogP contribution >= 0.6 is 0 Å². The second-order valence-electron chi connectivity index (χ2n) is 9.33. The number of nitrogens with two attached hydrogens (primary N) is 1. The Kier molecular flexibility index (Phi) is 8.43. The van der Waals surface area contributed by atoms with E-state index in [2.05, 4.69) is 20.8 Å². The van der Waals surface area contributed by atoms with Crippen LogP contribution < -0.4 is 5.73 Å². The van der Waals surface area contributed by atoms with Gasteiger partial charge < -0.3 is 26.2 Å². The summed E-state index contributed by atoms with van der Waals surface area (Å²) < 4.78 is 0. The van der Waals surface area contributed by atoms with Crippen LogP contribution in [-0.4, -0.2) is 50.1 Å². The first kappa shape index (κ1) is 26.5. The summed E-state index contributed by atoms with van der Waals surface area (Å²) in [6.07, 6.45) is 0.941. The minimum Gasteiger partial charge on any atom is -0.507 e. The van der Waals surface area contributed by atoms with E-state index in [1.165, 1.54) is 12.5 Å². The highest BCUT2D eigenvalue weighted by atomic mass is 16.3. The molecule has 0 heterocycles. The number of rotatable bonds is 6. The number of amides is 1. The third kappa shape index (κ3) is 5.12. The van der Waals surface area contributed by atoms with Crippen LogP contribution in [0.25, 0.3) is 5.76 Å². The summed E-state index contributed by atoms with van der Waals surface area (Å²) in [6.45, 7) is 8.10. The lowest BCUT2D eigenvalue weighted by Crippen LogP contribution is -2.59. The van der Waals surface area contributed by atoms with E-state index >= 15 is 0 Å². The van der Waals surface area contributed by atoms with Gasteiger partial charge in [0.15, 0.2) is 11.4 Å². The average Bonchev–Trinajstić information content (AvgIpc) is 2.74. The van der Waals surface area contributed by atoms with E-state index in [1.807, 2.05) is 6.92 Å². The number of ketones is 2. The van der Waals surface area contributed by atoms with Gasteiger partial charge in [-0.15, -0.1) is 0 Å². The molecule has 1 saturated carbocycles. The minimum absolute atomic E-state index is 0.0246. The number of fused-ring (bicyclic) bond motifs is 2. The second kappa shape index (κ2) is 10.5. The lowest BCUT2D eigenvalue weighted by molar-refractivity contribution is -0.159. The van der Waals surface area contributed by atoms with Gasteiger partial charge in [-0.2, -0.15) is 0 Å². The van der Waals surface area contributed by atoms with E-state index in [-0.39, 0.29) is 36.3 Å². The largest absolute Gasteiger partial charge is 0.507 e. The van der Waals surface area contributed by atoms with Crippen molar-refractivity contribution in [3.63, 3.8) is 0 Å². The zero-order chi connectivity index (χ0) is 25.1. The normalized spacial score (nSPS) is 24.0. The number of aryl methyl sites for hydroxylation is 1. The van der Waals surface area contributed by atoms with E-state index in [9.17, 15) is 34.8 Å². The van der Waals surface area contributed by atoms with Gasteiger partial charge in [-0.3, -0.25) is 14.4 Å². The molecule has 2 aliphatic rings. The molecule has 0 unspecified atom stereocenters. The molecule has 3 atom stereocenters. The summed E-state index contributed by atoms with van der Waals surface area (Å²) >= 11 is 0. The van der Waals surface area contributed by atoms with Crippen LogP contribution in [0, 0.1) is 24.7 Å². The summed E-state index contributed by atoms with van der Waals surface area (Å²) in [7, 11) is 0. The molecule has 1 aromatic carbocycles. The fraction of sp³-hybridized carbons (Fsp3) is 0.560. The predicted octanol–water partition coefficient (Wildman–Crippen LogP) is 2.34. The summed E-state index contributed by atoms with van der Waals surface area (Å²) in [6, 6.07) is 3.10. The highest BCUT2D eigenvalue weighted by Crippen LogP contribution is 2.49. The van der Waals surface area contributed by atoms with Crippen LogP contribution in [0.1, 0.15) is 63.1 Å². The number of hydrogen-bond acceptors (Lipinski definition) is 7. The summed E-state index contributed by atoms with van der Waals surface area (Å²) in [5, 5.41) is 41.4. The van der Waals surface area contributed by atoms with Crippen molar-refractivity contribution in [1.82, 2.24) is 0 Å². The number of carbonyl (C=O) groups excluding carboxylic acids is 3. The van der Waals surface area contributed by atoms with Crippen LogP contribution in [-0.2, 0) is 20.8 Å². The van der Waals surface area contributed by atoms with Gasteiger partial charge in [0.25, 0.3) is 0 Å². The van der Waals surface area contributed by atoms with Crippen LogP contribution in [0.5, 0.6) is 5.75 Å². The number of phenols is 1. The molecule has 2 aliphatic carbocycles. The fourth-order valence-corrected chi connectivity index (χ4v) is 4.47.